The highest BCUT2D eigenvalue weighted by Gasteiger charge is 2.45. The zero-order valence-corrected chi connectivity index (χ0v) is 19.1. The second-order valence-corrected chi connectivity index (χ2v) is 8.76. The summed E-state index contributed by atoms with van der Waals surface area (Å²) in [4.78, 5) is 26.2. The van der Waals surface area contributed by atoms with Crippen LogP contribution >= 0.6 is 23.2 Å². The first kappa shape index (κ1) is 23.0. The molecule has 7 nitrogen and oxygen atoms in total. The van der Waals surface area contributed by atoms with Crippen LogP contribution in [0.1, 0.15) is 28.8 Å². The summed E-state index contributed by atoms with van der Waals surface area (Å²) in [5, 5.41) is 15.7. The van der Waals surface area contributed by atoms with Crippen LogP contribution in [-0.4, -0.2) is 36.6 Å². The lowest BCUT2D eigenvalue weighted by molar-refractivity contribution is -0.123. The number of hydrogen-bond acceptors (Lipinski definition) is 5. The van der Waals surface area contributed by atoms with Crippen LogP contribution in [0.15, 0.2) is 48.6 Å². The van der Waals surface area contributed by atoms with Gasteiger partial charge in [-0.2, -0.15) is 5.26 Å². The lowest BCUT2D eigenvalue weighted by atomic mass is 10.0. The number of carbonyl (C=O) groups excluding carboxylic acids is 2. The molecular weight excluding hydrogens is 465 g/mol. The minimum atomic E-state index is -0.942. The Morgan fingerprint density at radius 1 is 1.09 bits per heavy atom. The van der Waals surface area contributed by atoms with Gasteiger partial charge in [0.05, 0.1) is 16.7 Å². The van der Waals surface area contributed by atoms with Crippen molar-refractivity contribution < 1.29 is 19.1 Å². The van der Waals surface area contributed by atoms with Crippen LogP contribution in [0.4, 0.5) is 0 Å². The van der Waals surface area contributed by atoms with Crippen molar-refractivity contribution in [2.75, 3.05) is 13.2 Å². The highest BCUT2D eigenvalue weighted by atomic mass is 35.5. The molecule has 0 unspecified atom stereocenters. The molecule has 2 heterocycles. The molecule has 2 aliphatic heterocycles. The van der Waals surface area contributed by atoms with E-state index in [2.05, 4.69) is 16.7 Å². The van der Waals surface area contributed by atoms with E-state index in [1.807, 2.05) is 0 Å². The minimum absolute atomic E-state index is 0.169. The topological polar surface area (TPSA) is 100 Å². The Hall–Kier alpha value is -3.21. The molecule has 0 saturated heterocycles. The SMILES string of the molecule is N#CC1(NC(=O)[C@@H]2Cc3ccc(c(Cl)c3)OC/C=C\COc3cc(Cl)ccc3C(=O)N2)CC1. The normalized spacial score (nSPS) is 20.3. The second-order valence-electron chi connectivity index (χ2n) is 7.91. The molecule has 2 aromatic rings. The number of amides is 2. The average molecular weight is 486 g/mol. The summed E-state index contributed by atoms with van der Waals surface area (Å²) in [5.74, 6) is -0.148. The van der Waals surface area contributed by atoms with Crippen molar-refractivity contribution in [2.24, 2.45) is 0 Å². The predicted octanol–water partition coefficient (Wildman–Crippen LogP) is 3.83. The lowest BCUT2D eigenvalue weighted by Gasteiger charge is -2.21. The summed E-state index contributed by atoms with van der Waals surface area (Å²) in [6.07, 6.45) is 4.86. The maximum Gasteiger partial charge on any atom is 0.255 e. The molecule has 0 aromatic heterocycles. The van der Waals surface area contributed by atoms with E-state index in [0.717, 1.165) is 5.56 Å². The van der Waals surface area contributed by atoms with Crippen molar-refractivity contribution >= 4 is 35.0 Å². The smallest absolute Gasteiger partial charge is 0.255 e. The van der Waals surface area contributed by atoms with Crippen LogP contribution in [0, 0.1) is 11.3 Å². The molecule has 1 atom stereocenters. The summed E-state index contributed by atoms with van der Waals surface area (Å²) in [5.41, 5.74) is 0.0985. The lowest BCUT2D eigenvalue weighted by Crippen LogP contribution is -2.51. The maximum absolute atomic E-state index is 13.2. The molecule has 2 aromatic carbocycles. The van der Waals surface area contributed by atoms with Gasteiger partial charge in [-0.05, 0) is 60.9 Å². The Kier molecular flexibility index (Phi) is 6.77. The van der Waals surface area contributed by atoms with Gasteiger partial charge in [-0.3, -0.25) is 9.59 Å². The van der Waals surface area contributed by atoms with Crippen LogP contribution in [0.25, 0.3) is 0 Å². The highest BCUT2D eigenvalue weighted by Crippen LogP contribution is 2.34. The van der Waals surface area contributed by atoms with E-state index in [-0.39, 0.29) is 25.2 Å². The number of nitriles is 1. The molecule has 2 N–H and O–H groups in total. The number of benzene rings is 2. The van der Waals surface area contributed by atoms with Gasteiger partial charge in [0.25, 0.3) is 5.91 Å². The van der Waals surface area contributed by atoms with Crippen molar-refractivity contribution in [3.8, 4) is 17.6 Å². The minimum Gasteiger partial charge on any atom is -0.489 e. The van der Waals surface area contributed by atoms with Crippen LogP contribution < -0.4 is 20.1 Å². The molecule has 9 heteroatoms. The first-order valence-electron chi connectivity index (χ1n) is 10.4. The van der Waals surface area contributed by atoms with E-state index in [9.17, 15) is 14.9 Å². The molecule has 33 heavy (non-hydrogen) atoms. The molecule has 0 spiro atoms. The number of rotatable bonds is 2. The van der Waals surface area contributed by atoms with Crippen LogP contribution in [0.3, 0.4) is 0 Å². The van der Waals surface area contributed by atoms with Crippen LogP contribution in [0.2, 0.25) is 10.0 Å². The highest BCUT2D eigenvalue weighted by molar-refractivity contribution is 6.32. The molecule has 3 aliphatic rings. The van der Waals surface area contributed by atoms with Crippen LogP contribution in [0.5, 0.6) is 11.5 Å². The molecule has 0 radical (unpaired) electrons. The van der Waals surface area contributed by atoms with Crippen molar-refractivity contribution in [3.05, 3.63) is 69.7 Å². The largest absolute Gasteiger partial charge is 0.489 e. The van der Waals surface area contributed by atoms with Crippen molar-refractivity contribution in [1.82, 2.24) is 10.6 Å². The third kappa shape index (κ3) is 5.59. The number of nitrogens with zero attached hydrogens (tertiary/aromatic N) is 1. The third-order valence-electron chi connectivity index (χ3n) is 5.41. The first-order valence-corrected chi connectivity index (χ1v) is 11.2. The van der Waals surface area contributed by atoms with Gasteiger partial charge in [-0.15, -0.1) is 0 Å². The van der Waals surface area contributed by atoms with Gasteiger partial charge in [-0.1, -0.05) is 29.3 Å². The van der Waals surface area contributed by atoms with Gasteiger partial charge in [0.15, 0.2) is 0 Å². The molecule has 2 bridgehead atoms. The molecule has 1 aliphatic carbocycles. The third-order valence-corrected chi connectivity index (χ3v) is 5.94. The Labute approximate surface area is 201 Å². The quantitative estimate of drug-likeness (QED) is 0.629. The number of fused-ring (bicyclic) bond motifs is 9. The zero-order chi connectivity index (χ0) is 23.4. The monoisotopic (exact) mass is 485 g/mol. The zero-order valence-electron chi connectivity index (χ0n) is 17.6. The van der Waals surface area contributed by atoms with Crippen molar-refractivity contribution in [3.63, 3.8) is 0 Å². The van der Waals surface area contributed by atoms with Crippen LogP contribution in [-0.2, 0) is 11.2 Å². The van der Waals surface area contributed by atoms with Crippen molar-refractivity contribution in [2.45, 2.75) is 30.8 Å². The maximum atomic E-state index is 13.2. The number of ether oxygens (including phenoxy) is 2. The Balaban J connectivity index is 1.67. The summed E-state index contributed by atoms with van der Waals surface area (Å²) in [6.45, 7) is 0.470. The average Bonchev–Trinajstić information content (AvgIpc) is 3.56. The number of halogens is 2. The van der Waals surface area contributed by atoms with Gasteiger partial charge >= 0.3 is 0 Å². The molecule has 2 amide bonds. The number of nitrogens with one attached hydrogen (secondary N) is 2. The fourth-order valence-corrected chi connectivity index (χ4v) is 3.82. The number of carbonyl (C=O) groups is 2. The summed E-state index contributed by atoms with van der Waals surface area (Å²) in [6, 6.07) is 11.1. The van der Waals surface area contributed by atoms with Gasteiger partial charge in [-0.25, -0.2) is 0 Å². The summed E-state index contributed by atoms with van der Waals surface area (Å²) in [7, 11) is 0. The fraction of sp³-hybridized carbons (Fsp3) is 0.292. The fourth-order valence-electron chi connectivity index (χ4n) is 3.40. The van der Waals surface area contributed by atoms with Gasteiger partial charge in [0.2, 0.25) is 5.91 Å². The van der Waals surface area contributed by atoms with Gasteiger partial charge < -0.3 is 20.1 Å². The molecule has 1 saturated carbocycles. The van der Waals surface area contributed by atoms with E-state index >= 15 is 0 Å². The molecule has 1 fully saturated rings. The summed E-state index contributed by atoms with van der Waals surface area (Å²) >= 11 is 12.4. The molecule has 5 rings (SSSR count). The summed E-state index contributed by atoms with van der Waals surface area (Å²) < 4.78 is 11.4. The second kappa shape index (κ2) is 9.74. The molecular formula is C24H21Cl2N3O4. The standard InChI is InChI=1S/C24H21Cl2N3O4/c25-16-4-5-17-21(13-16)33-10-2-1-9-32-20-6-3-15(11-18(20)26)12-19(28-22(17)30)23(31)29-24(14-27)7-8-24/h1-6,11,13,19H,7-10,12H2,(H,28,30)(H,29,31)/b2-1-/t19-/m0/s1. The Morgan fingerprint density at radius 3 is 2.48 bits per heavy atom. The van der Waals surface area contributed by atoms with E-state index in [4.69, 9.17) is 32.7 Å². The van der Waals surface area contributed by atoms with E-state index < -0.39 is 23.4 Å². The first-order chi connectivity index (χ1) is 15.9. The predicted molar refractivity (Wildman–Crippen MR) is 124 cm³/mol. The van der Waals surface area contributed by atoms with Crippen molar-refractivity contribution in [1.29, 1.82) is 5.26 Å². The van der Waals surface area contributed by atoms with E-state index in [1.54, 1.807) is 48.6 Å². The van der Waals surface area contributed by atoms with E-state index in [1.165, 1.54) is 0 Å². The molecule has 170 valence electrons. The van der Waals surface area contributed by atoms with Gasteiger partial charge in [0, 0.05) is 11.4 Å². The number of hydrogen-bond donors (Lipinski definition) is 2. The Bertz CT molecular complexity index is 1150. The van der Waals surface area contributed by atoms with E-state index in [0.29, 0.717) is 34.4 Å². The van der Waals surface area contributed by atoms with Gasteiger partial charge in [0.1, 0.15) is 36.3 Å². The Morgan fingerprint density at radius 2 is 1.82 bits per heavy atom.